The number of carboxylic acids is 1. The molecule has 9 heteroatoms. The summed E-state index contributed by atoms with van der Waals surface area (Å²) in [4.78, 5) is 37.5. The summed E-state index contributed by atoms with van der Waals surface area (Å²) >= 11 is 0. The number of carboxylic acid groups (broad SMARTS) is 1. The molecule has 0 aromatic heterocycles. The number of likely N-dealkylation sites (N-methyl/N-ethyl adjacent to an activating group) is 1. The molecule has 0 spiro atoms. The standard InChI is InChI=1S/C76H133NO8/c1-6-8-10-12-14-16-18-20-22-24-26-28-30-32-34-35-36-37-38-39-41-43-45-47-49-51-53-55-57-59-61-63-65-67-74(79)85-72(71-84-76(75(80)81)82-69-68-77(3,4)5)70-83-73(78)66-64-62-60-58-56-54-52-50-48-46-44-42-40-33-31-29-27-25-23-21-19-17-15-13-11-9-7-2/h8-11,14-17,20-23,26-29,72,76H,6-7,12-13,18-19,24-25,30-71H2,1-5H3/b10-8-,11-9-,16-14-,17-15-,22-20-,23-21-,28-26-,29-27-. The number of aliphatic carboxylic acids is 1. The van der Waals surface area contributed by atoms with E-state index < -0.39 is 24.3 Å². The molecule has 0 bridgehead atoms. The van der Waals surface area contributed by atoms with Gasteiger partial charge in [-0.1, -0.05) is 304 Å². The maximum absolute atomic E-state index is 12.9. The summed E-state index contributed by atoms with van der Waals surface area (Å²) in [5, 5.41) is 11.8. The molecular formula is C76H133NO8. The smallest absolute Gasteiger partial charge is 0.306 e. The Morgan fingerprint density at radius 2 is 0.635 bits per heavy atom. The highest BCUT2D eigenvalue weighted by Gasteiger charge is 2.22. The van der Waals surface area contributed by atoms with E-state index in [4.69, 9.17) is 18.9 Å². The maximum atomic E-state index is 12.9. The van der Waals surface area contributed by atoms with Crippen LogP contribution in [-0.4, -0.2) is 82.3 Å². The van der Waals surface area contributed by atoms with Gasteiger partial charge in [-0.2, -0.15) is 0 Å². The first-order valence-corrected chi connectivity index (χ1v) is 35.4. The highest BCUT2D eigenvalue weighted by atomic mass is 16.7. The number of unbranched alkanes of at least 4 members (excludes halogenated alkanes) is 34. The molecule has 0 N–H and O–H groups in total. The van der Waals surface area contributed by atoms with Crippen molar-refractivity contribution in [3.63, 3.8) is 0 Å². The molecule has 85 heavy (non-hydrogen) atoms. The van der Waals surface area contributed by atoms with Crippen LogP contribution in [0.4, 0.5) is 0 Å². The van der Waals surface area contributed by atoms with Crippen molar-refractivity contribution in [3.8, 4) is 0 Å². The van der Waals surface area contributed by atoms with Crippen molar-refractivity contribution >= 4 is 17.9 Å². The highest BCUT2D eigenvalue weighted by molar-refractivity contribution is 5.70. The van der Waals surface area contributed by atoms with Crippen molar-refractivity contribution in [2.24, 2.45) is 0 Å². The zero-order valence-corrected chi connectivity index (χ0v) is 56.0. The molecule has 0 aromatic carbocycles. The molecule has 0 aliphatic carbocycles. The first kappa shape index (κ1) is 81.2. The number of carbonyl (C=O) groups is 3. The van der Waals surface area contributed by atoms with E-state index in [1.54, 1.807) is 0 Å². The van der Waals surface area contributed by atoms with Crippen LogP contribution < -0.4 is 5.11 Å². The van der Waals surface area contributed by atoms with Crippen LogP contribution in [0.15, 0.2) is 97.2 Å². The predicted molar refractivity (Wildman–Crippen MR) is 361 cm³/mol. The van der Waals surface area contributed by atoms with Gasteiger partial charge in [0, 0.05) is 12.8 Å². The first-order valence-electron chi connectivity index (χ1n) is 35.4. The lowest BCUT2D eigenvalue weighted by Crippen LogP contribution is -2.44. The molecule has 0 aliphatic heterocycles. The van der Waals surface area contributed by atoms with Crippen LogP contribution in [0.25, 0.3) is 0 Å². The first-order chi connectivity index (χ1) is 41.6. The quantitative estimate of drug-likeness (QED) is 0.0195. The molecule has 0 aliphatic rings. The number of ether oxygens (including phenoxy) is 4. The molecule has 2 atom stereocenters. The van der Waals surface area contributed by atoms with Gasteiger partial charge in [0.15, 0.2) is 12.4 Å². The average molecular weight is 1190 g/mol. The highest BCUT2D eigenvalue weighted by Crippen LogP contribution is 2.18. The van der Waals surface area contributed by atoms with Crippen LogP contribution in [0.2, 0.25) is 0 Å². The second kappa shape index (κ2) is 66.2. The lowest BCUT2D eigenvalue weighted by molar-refractivity contribution is -0.870. The Hall–Kier alpha value is -3.79. The number of quaternary nitrogens is 1. The Labute approximate surface area is 524 Å². The van der Waals surface area contributed by atoms with Gasteiger partial charge in [-0.3, -0.25) is 9.59 Å². The molecular weight excluding hydrogens is 1050 g/mol. The lowest BCUT2D eigenvalue weighted by Gasteiger charge is -2.26. The van der Waals surface area contributed by atoms with Gasteiger partial charge in [0.05, 0.1) is 40.3 Å². The number of hydrogen-bond acceptors (Lipinski definition) is 8. The van der Waals surface area contributed by atoms with Gasteiger partial charge in [0.25, 0.3) is 0 Å². The minimum absolute atomic E-state index is 0.146. The molecule has 0 fully saturated rings. The SMILES string of the molecule is CC/C=C\C/C=C\C/C=C\C/C=C\CCCCCCCCCCCCCCCCCCCCCCC(=O)OC(COC(=O)CCCCCCCCCCCCCCCC/C=C\C/C=C\C/C=C\C/C=C\CC)COC(OCC[N+](C)(C)C)C(=O)[O-]. The van der Waals surface area contributed by atoms with Crippen LogP contribution in [0.3, 0.4) is 0 Å². The maximum Gasteiger partial charge on any atom is 0.306 e. The van der Waals surface area contributed by atoms with E-state index in [-0.39, 0.29) is 38.6 Å². The fourth-order valence-corrected chi connectivity index (χ4v) is 9.99. The normalized spacial score (nSPS) is 13.3. The van der Waals surface area contributed by atoms with Crippen LogP contribution in [-0.2, 0) is 33.3 Å². The number of hydrogen-bond donors (Lipinski definition) is 0. The third-order valence-corrected chi connectivity index (χ3v) is 15.3. The minimum Gasteiger partial charge on any atom is -0.545 e. The summed E-state index contributed by atoms with van der Waals surface area (Å²) in [6, 6.07) is 0. The van der Waals surface area contributed by atoms with Gasteiger partial charge in [-0.15, -0.1) is 0 Å². The van der Waals surface area contributed by atoms with Crippen molar-refractivity contribution in [3.05, 3.63) is 97.2 Å². The molecule has 0 amide bonds. The number of allylic oxidation sites excluding steroid dienone is 16. The number of nitrogens with zero attached hydrogens (tertiary/aromatic N) is 1. The van der Waals surface area contributed by atoms with E-state index in [9.17, 15) is 19.5 Å². The molecule has 0 heterocycles. The molecule has 0 aromatic rings. The van der Waals surface area contributed by atoms with Crippen LogP contribution in [0, 0.1) is 0 Å². The Balaban J connectivity index is 4.07. The van der Waals surface area contributed by atoms with Gasteiger partial charge < -0.3 is 33.3 Å². The summed E-state index contributed by atoms with van der Waals surface area (Å²) in [7, 11) is 5.94. The molecule has 9 nitrogen and oxygen atoms in total. The zero-order valence-electron chi connectivity index (χ0n) is 56.0. The Morgan fingerprint density at radius 3 is 0.941 bits per heavy atom. The average Bonchev–Trinajstić information content (AvgIpc) is 3.49. The third-order valence-electron chi connectivity index (χ3n) is 15.3. The van der Waals surface area contributed by atoms with E-state index in [2.05, 4.69) is 111 Å². The second-order valence-corrected chi connectivity index (χ2v) is 24.8. The topological polar surface area (TPSA) is 111 Å². The number of rotatable bonds is 65. The van der Waals surface area contributed by atoms with Crippen molar-refractivity contribution in [2.45, 2.75) is 322 Å². The van der Waals surface area contributed by atoms with Crippen LogP contribution in [0.1, 0.15) is 309 Å². The van der Waals surface area contributed by atoms with Gasteiger partial charge in [0.1, 0.15) is 13.2 Å². The molecule has 0 rings (SSSR count). The largest absolute Gasteiger partial charge is 0.545 e. The zero-order chi connectivity index (χ0) is 61.9. The monoisotopic (exact) mass is 1190 g/mol. The lowest BCUT2D eigenvalue weighted by atomic mass is 10.0. The number of esters is 2. The molecule has 490 valence electrons. The van der Waals surface area contributed by atoms with Crippen molar-refractivity contribution in [2.75, 3.05) is 47.5 Å². The van der Waals surface area contributed by atoms with E-state index in [0.717, 1.165) is 83.5 Å². The van der Waals surface area contributed by atoms with Crippen LogP contribution in [0.5, 0.6) is 0 Å². The summed E-state index contributed by atoms with van der Waals surface area (Å²) in [5.41, 5.74) is 0. The third kappa shape index (κ3) is 67.6. The van der Waals surface area contributed by atoms with Gasteiger partial charge in [0.2, 0.25) is 0 Å². The molecule has 0 saturated heterocycles. The summed E-state index contributed by atoms with van der Waals surface area (Å²) in [6.07, 6.45) is 87.8. The van der Waals surface area contributed by atoms with Gasteiger partial charge in [-0.25, -0.2) is 0 Å². The van der Waals surface area contributed by atoms with Gasteiger partial charge in [-0.05, 0) is 89.9 Å². The Morgan fingerprint density at radius 1 is 0.353 bits per heavy atom. The van der Waals surface area contributed by atoms with E-state index in [0.29, 0.717) is 17.4 Å². The molecule has 2 unspecified atom stereocenters. The van der Waals surface area contributed by atoms with Crippen molar-refractivity contribution < 1.29 is 42.9 Å². The molecule has 0 radical (unpaired) electrons. The van der Waals surface area contributed by atoms with Crippen LogP contribution >= 0.6 is 0 Å². The van der Waals surface area contributed by atoms with E-state index in [1.165, 1.54) is 193 Å². The molecule has 0 saturated carbocycles. The predicted octanol–water partition coefficient (Wildman–Crippen LogP) is 20.7. The van der Waals surface area contributed by atoms with E-state index >= 15 is 0 Å². The second-order valence-electron chi connectivity index (χ2n) is 24.8. The minimum atomic E-state index is -1.62. The summed E-state index contributed by atoms with van der Waals surface area (Å²) in [5.74, 6) is -2.27. The number of carbonyl (C=O) groups excluding carboxylic acids is 3. The van der Waals surface area contributed by atoms with E-state index in [1.807, 2.05) is 21.1 Å². The van der Waals surface area contributed by atoms with Crippen molar-refractivity contribution in [1.29, 1.82) is 0 Å². The fourth-order valence-electron chi connectivity index (χ4n) is 9.99. The Kier molecular flexibility index (Phi) is 63.2. The fraction of sp³-hybridized carbons (Fsp3) is 0.750. The van der Waals surface area contributed by atoms with Crippen molar-refractivity contribution in [1.82, 2.24) is 0 Å². The van der Waals surface area contributed by atoms with Gasteiger partial charge >= 0.3 is 11.9 Å². The Bertz CT molecular complexity index is 1720. The summed E-state index contributed by atoms with van der Waals surface area (Å²) in [6.45, 7) is 4.56. The summed E-state index contributed by atoms with van der Waals surface area (Å²) < 4.78 is 22.8.